The summed E-state index contributed by atoms with van der Waals surface area (Å²) >= 11 is 3.27. The van der Waals surface area contributed by atoms with Gasteiger partial charge in [-0.2, -0.15) is 0 Å². The van der Waals surface area contributed by atoms with Crippen molar-refractivity contribution >= 4 is 16.1 Å². The largest absolute Gasteiger partial charge is 0.365 e. The van der Waals surface area contributed by atoms with Crippen molar-refractivity contribution in [2.75, 3.05) is 20.4 Å². The Bertz CT molecular complexity index is 104. The molecule has 3 heteroatoms. The maximum atomic E-state index is 5.43. The van der Waals surface area contributed by atoms with E-state index in [1.165, 1.54) is 0 Å². The van der Waals surface area contributed by atoms with Gasteiger partial charge in [-0.25, -0.2) is 3.93 Å². The van der Waals surface area contributed by atoms with Gasteiger partial charge in [-0.15, -0.1) is 0 Å². The summed E-state index contributed by atoms with van der Waals surface area (Å²) < 4.78 is 7.28. The summed E-state index contributed by atoms with van der Waals surface area (Å²) in [6.45, 7) is 8.06. The van der Waals surface area contributed by atoms with E-state index in [0.717, 1.165) is 13.0 Å². The molecule has 0 spiro atoms. The van der Waals surface area contributed by atoms with Crippen molar-refractivity contribution in [3.05, 3.63) is 0 Å². The van der Waals surface area contributed by atoms with Gasteiger partial charge >= 0.3 is 0 Å². The highest BCUT2D eigenvalue weighted by atomic mass is 79.9. The molecule has 0 heterocycles. The first-order chi connectivity index (χ1) is 4.98. The summed E-state index contributed by atoms with van der Waals surface area (Å²) in [6.07, 6.45) is 1.15. The van der Waals surface area contributed by atoms with Gasteiger partial charge < -0.3 is 4.74 Å². The smallest absolute Gasteiger partial charge is 0.108 e. The average Bonchev–Trinajstić information content (AvgIpc) is 1.87. The van der Waals surface area contributed by atoms with Crippen molar-refractivity contribution in [1.82, 2.24) is 3.93 Å². The molecule has 0 rings (SSSR count). The van der Waals surface area contributed by atoms with E-state index in [9.17, 15) is 0 Å². The number of ether oxygens (including phenoxy) is 1. The zero-order valence-electron chi connectivity index (χ0n) is 7.85. The zero-order chi connectivity index (χ0) is 8.91. The Hall–Kier alpha value is 0.400. The molecule has 0 saturated carbocycles. The topological polar surface area (TPSA) is 12.5 Å². The first-order valence-corrected chi connectivity index (χ1v) is 4.63. The lowest BCUT2D eigenvalue weighted by Crippen LogP contribution is -2.21. The second-order valence-corrected chi connectivity index (χ2v) is 4.81. The number of hydrogen-bond donors (Lipinski definition) is 0. The van der Waals surface area contributed by atoms with Crippen molar-refractivity contribution < 1.29 is 4.74 Å². The van der Waals surface area contributed by atoms with Crippen LogP contribution in [0.2, 0.25) is 0 Å². The molecule has 0 aliphatic heterocycles. The summed E-state index contributed by atoms with van der Waals surface area (Å²) in [4.78, 5) is 0. The van der Waals surface area contributed by atoms with Gasteiger partial charge in [0.1, 0.15) is 6.73 Å². The van der Waals surface area contributed by atoms with Crippen LogP contribution in [-0.2, 0) is 4.74 Å². The minimum Gasteiger partial charge on any atom is -0.365 e. The Labute approximate surface area is 78.2 Å². The van der Waals surface area contributed by atoms with E-state index in [1.54, 1.807) is 0 Å². The average molecular weight is 224 g/mol. The standard InChI is InChI=1S/C8H18BrNO/c1-5-8(2,3)6-11-7-10(4)9/h5-7H2,1-4H3. The molecule has 0 atom stereocenters. The van der Waals surface area contributed by atoms with Crippen LogP contribution in [0.4, 0.5) is 0 Å². The summed E-state index contributed by atoms with van der Waals surface area (Å²) in [5.74, 6) is 0. The Kier molecular flexibility index (Phi) is 5.30. The van der Waals surface area contributed by atoms with E-state index < -0.39 is 0 Å². The molecular formula is C8H18BrNO. The van der Waals surface area contributed by atoms with Crippen molar-refractivity contribution in [2.24, 2.45) is 5.41 Å². The Morgan fingerprint density at radius 1 is 1.45 bits per heavy atom. The Morgan fingerprint density at radius 3 is 2.36 bits per heavy atom. The first-order valence-electron chi connectivity index (χ1n) is 3.92. The molecule has 0 fully saturated rings. The second-order valence-electron chi connectivity index (χ2n) is 3.60. The molecule has 0 radical (unpaired) electrons. The highest BCUT2D eigenvalue weighted by molar-refractivity contribution is 9.07. The van der Waals surface area contributed by atoms with Gasteiger partial charge in [0.2, 0.25) is 0 Å². The van der Waals surface area contributed by atoms with Crippen LogP contribution in [0.3, 0.4) is 0 Å². The van der Waals surface area contributed by atoms with E-state index >= 15 is 0 Å². The van der Waals surface area contributed by atoms with Crippen LogP contribution in [0.1, 0.15) is 27.2 Å². The molecule has 0 aromatic heterocycles. The molecule has 0 aliphatic carbocycles. The minimum absolute atomic E-state index is 0.309. The number of rotatable bonds is 5. The minimum atomic E-state index is 0.309. The Morgan fingerprint density at radius 2 is 2.00 bits per heavy atom. The van der Waals surface area contributed by atoms with Gasteiger partial charge in [0, 0.05) is 23.2 Å². The normalized spacial score (nSPS) is 12.5. The van der Waals surface area contributed by atoms with Crippen molar-refractivity contribution in [2.45, 2.75) is 27.2 Å². The summed E-state index contributed by atoms with van der Waals surface area (Å²) in [5, 5.41) is 0. The number of nitrogens with zero attached hydrogens (tertiary/aromatic N) is 1. The fourth-order valence-electron chi connectivity index (χ4n) is 0.550. The maximum absolute atomic E-state index is 5.43. The third kappa shape index (κ3) is 6.78. The van der Waals surface area contributed by atoms with Crippen molar-refractivity contribution in [3.8, 4) is 0 Å². The molecule has 0 saturated heterocycles. The van der Waals surface area contributed by atoms with Crippen molar-refractivity contribution in [1.29, 1.82) is 0 Å². The molecule has 0 aromatic carbocycles. The maximum Gasteiger partial charge on any atom is 0.108 e. The third-order valence-corrected chi connectivity index (χ3v) is 1.92. The molecule has 0 N–H and O–H groups in total. The molecule has 11 heavy (non-hydrogen) atoms. The van der Waals surface area contributed by atoms with Crippen LogP contribution >= 0.6 is 16.1 Å². The lowest BCUT2D eigenvalue weighted by atomic mass is 9.92. The number of hydrogen-bond acceptors (Lipinski definition) is 2. The lowest BCUT2D eigenvalue weighted by Gasteiger charge is -2.22. The summed E-state index contributed by atoms with van der Waals surface area (Å²) in [7, 11) is 1.93. The van der Waals surface area contributed by atoms with E-state index in [2.05, 4.69) is 36.9 Å². The van der Waals surface area contributed by atoms with Crippen LogP contribution in [0, 0.1) is 5.41 Å². The fraction of sp³-hybridized carbons (Fsp3) is 1.00. The van der Waals surface area contributed by atoms with Crippen LogP contribution in [-0.4, -0.2) is 24.3 Å². The van der Waals surface area contributed by atoms with E-state index in [0.29, 0.717) is 12.1 Å². The monoisotopic (exact) mass is 223 g/mol. The van der Waals surface area contributed by atoms with Gasteiger partial charge in [-0.1, -0.05) is 20.8 Å². The van der Waals surface area contributed by atoms with E-state index in [1.807, 2.05) is 11.0 Å². The van der Waals surface area contributed by atoms with Gasteiger partial charge in [0.25, 0.3) is 0 Å². The third-order valence-electron chi connectivity index (χ3n) is 1.72. The SMILES string of the molecule is CCC(C)(C)COCN(C)Br. The van der Waals surface area contributed by atoms with Crippen LogP contribution in [0.25, 0.3) is 0 Å². The molecule has 0 amide bonds. The van der Waals surface area contributed by atoms with Gasteiger partial charge in [0.15, 0.2) is 0 Å². The highest BCUT2D eigenvalue weighted by Crippen LogP contribution is 2.19. The predicted octanol–water partition coefficient (Wildman–Crippen LogP) is 2.64. The summed E-state index contributed by atoms with van der Waals surface area (Å²) in [6, 6.07) is 0. The van der Waals surface area contributed by atoms with Gasteiger partial charge in [0.05, 0.1) is 6.61 Å². The van der Waals surface area contributed by atoms with Crippen LogP contribution in [0.5, 0.6) is 0 Å². The quantitative estimate of drug-likeness (QED) is 0.525. The van der Waals surface area contributed by atoms with E-state index in [-0.39, 0.29) is 0 Å². The summed E-state index contributed by atoms with van der Waals surface area (Å²) in [5.41, 5.74) is 0.309. The number of halogens is 1. The molecule has 0 bridgehead atoms. The second kappa shape index (κ2) is 5.12. The molecule has 68 valence electrons. The fourth-order valence-corrected chi connectivity index (χ4v) is 0.695. The van der Waals surface area contributed by atoms with Crippen LogP contribution < -0.4 is 0 Å². The highest BCUT2D eigenvalue weighted by Gasteiger charge is 2.14. The first kappa shape index (κ1) is 11.4. The Balaban J connectivity index is 3.38. The van der Waals surface area contributed by atoms with Crippen LogP contribution in [0.15, 0.2) is 0 Å². The van der Waals surface area contributed by atoms with Crippen molar-refractivity contribution in [3.63, 3.8) is 0 Å². The molecular weight excluding hydrogens is 206 g/mol. The van der Waals surface area contributed by atoms with Gasteiger partial charge in [-0.05, 0) is 11.8 Å². The molecule has 2 nitrogen and oxygen atoms in total. The zero-order valence-corrected chi connectivity index (χ0v) is 9.44. The molecule has 0 aromatic rings. The molecule has 0 aliphatic rings. The predicted molar refractivity (Wildman–Crippen MR) is 51.6 cm³/mol. The van der Waals surface area contributed by atoms with E-state index in [4.69, 9.17) is 4.74 Å². The van der Waals surface area contributed by atoms with Gasteiger partial charge in [-0.3, -0.25) is 0 Å². The molecule has 0 unspecified atom stereocenters. The lowest BCUT2D eigenvalue weighted by molar-refractivity contribution is 0.0303.